The predicted molar refractivity (Wildman–Crippen MR) is 141 cm³/mol. The fourth-order valence-corrected chi connectivity index (χ4v) is 7.33. The van der Waals surface area contributed by atoms with Crippen LogP contribution in [0, 0.1) is 24.7 Å². The molecule has 4 rings (SSSR count). The van der Waals surface area contributed by atoms with Gasteiger partial charge in [0.15, 0.2) is 0 Å². The van der Waals surface area contributed by atoms with E-state index >= 15 is 0 Å². The molecule has 0 aromatic heterocycles. The largest absolute Gasteiger partial charge is 0.466 e. The van der Waals surface area contributed by atoms with Crippen molar-refractivity contribution in [2.24, 2.45) is 17.8 Å². The summed E-state index contributed by atoms with van der Waals surface area (Å²) in [6.45, 7) is 7.22. The molecule has 3 atom stereocenters. The van der Waals surface area contributed by atoms with Gasteiger partial charge in [0.25, 0.3) is 0 Å². The van der Waals surface area contributed by atoms with Crippen LogP contribution in [-0.4, -0.2) is 36.6 Å². The maximum absolute atomic E-state index is 12.3. The van der Waals surface area contributed by atoms with Crippen LogP contribution in [0.15, 0.2) is 24.3 Å². The summed E-state index contributed by atoms with van der Waals surface area (Å²) >= 11 is 0. The van der Waals surface area contributed by atoms with Crippen LogP contribution in [0.25, 0.3) is 0 Å². The van der Waals surface area contributed by atoms with Crippen molar-refractivity contribution in [2.45, 2.75) is 116 Å². The maximum Gasteiger partial charge on any atom is 0.306 e. The Kier molecular flexibility index (Phi) is 9.91. The second-order valence-corrected chi connectivity index (χ2v) is 11.7. The number of hydrogen-bond acceptors (Lipinski definition) is 3. The first kappa shape index (κ1) is 25.7. The van der Waals surface area contributed by atoms with Crippen LogP contribution in [0.5, 0.6) is 0 Å². The zero-order valence-corrected chi connectivity index (χ0v) is 22.0. The molecule has 0 unspecified atom stereocenters. The van der Waals surface area contributed by atoms with E-state index in [0.29, 0.717) is 30.9 Å². The summed E-state index contributed by atoms with van der Waals surface area (Å²) in [6, 6.07) is 9.85. The van der Waals surface area contributed by atoms with Crippen LogP contribution in [0.3, 0.4) is 0 Å². The molecular weight excluding hydrogens is 418 g/mol. The highest BCUT2D eigenvalue weighted by molar-refractivity contribution is 5.69. The average Bonchev–Trinajstić information content (AvgIpc) is 2.85. The number of carbonyl (C=O) groups is 1. The number of hydrogen-bond donors (Lipinski definition) is 0. The lowest BCUT2D eigenvalue weighted by Crippen LogP contribution is -2.47. The molecule has 3 fully saturated rings. The highest BCUT2D eigenvalue weighted by atomic mass is 16.5. The Morgan fingerprint density at radius 3 is 2.12 bits per heavy atom. The van der Waals surface area contributed by atoms with Crippen molar-refractivity contribution >= 4 is 5.97 Å². The van der Waals surface area contributed by atoms with E-state index in [1.54, 1.807) is 0 Å². The number of carbonyl (C=O) groups excluding carboxylic acids is 1. The molecule has 3 aliphatic rings. The molecule has 1 aromatic rings. The van der Waals surface area contributed by atoms with Gasteiger partial charge in [0, 0.05) is 25.6 Å². The Morgan fingerprint density at radius 1 is 0.882 bits per heavy atom. The van der Waals surface area contributed by atoms with Gasteiger partial charge < -0.3 is 4.74 Å². The maximum atomic E-state index is 12.3. The van der Waals surface area contributed by atoms with Gasteiger partial charge in [-0.25, -0.2) is 0 Å². The number of esters is 1. The highest BCUT2D eigenvalue weighted by Gasteiger charge is 2.37. The summed E-state index contributed by atoms with van der Waals surface area (Å²) in [5.41, 5.74) is 2.85. The Hall–Kier alpha value is -1.35. The first-order chi connectivity index (χ1) is 16.6. The van der Waals surface area contributed by atoms with Gasteiger partial charge in [-0.05, 0) is 88.0 Å². The van der Waals surface area contributed by atoms with Crippen molar-refractivity contribution in [2.75, 3.05) is 19.7 Å². The zero-order chi connectivity index (χ0) is 23.8. The van der Waals surface area contributed by atoms with Gasteiger partial charge in [0.05, 0.1) is 6.61 Å². The average molecular weight is 468 g/mol. The molecule has 0 bridgehead atoms. The van der Waals surface area contributed by atoms with E-state index in [0.717, 1.165) is 24.7 Å². The van der Waals surface area contributed by atoms with Gasteiger partial charge in [-0.15, -0.1) is 0 Å². The summed E-state index contributed by atoms with van der Waals surface area (Å²) in [5.74, 6) is 2.74. The summed E-state index contributed by atoms with van der Waals surface area (Å²) in [6.07, 6.45) is 18.4. The van der Waals surface area contributed by atoms with Crippen LogP contribution in [0.1, 0.15) is 114 Å². The third-order valence-electron chi connectivity index (χ3n) is 9.06. The van der Waals surface area contributed by atoms with Crippen molar-refractivity contribution in [1.82, 2.24) is 4.90 Å². The van der Waals surface area contributed by atoms with E-state index in [1.807, 2.05) is 6.92 Å². The quantitative estimate of drug-likeness (QED) is 0.349. The molecule has 34 heavy (non-hydrogen) atoms. The predicted octanol–water partition coefficient (Wildman–Crippen LogP) is 7.66. The van der Waals surface area contributed by atoms with Crippen LogP contribution >= 0.6 is 0 Å². The molecule has 190 valence electrons. The molecule has 3 saturated carbocycles. The Balaban J connectivity index is 1.54. The van der Waals surface area contributed by atoms with Crippen molar-refractivity contribution in [1.29, 1.82) is 0 Å². The van der Waals surface area contributed by atoms with E-state index in [9.17, 15) is 4.79 Å². The molecule has 0 aliphatic heterocycles. The lowest BCUT2D eigenvalue weighted by Gasteiger charge is -2.46. The number of aryl methyl sites for hydroxylation is 1. The minimum absolute atomic E-state index is 0.00444. The van der Waals surface area contributed by atoms with E-state index < -0.39 is 0 Å². The first-order valence-electron chi connectivity index (χ1n) is 14.6. The molecule has 0 amide bonds. The number of rotatable bonds is 9. The van der Waals surface area contributed by atoms with Crippen molar-refractivity contribution in [3.63, 3.8) is 0 Å². The molecule has 0 spiro atoms. The Labute approximate surface area is 209 Å². The van der Waals surface area contributed by atoms with Gasteiger partial charge in [0.1, 0.15) is 0 Å². The minimum atomic E-state index is -0.00444. The van der Waals surface area contributed by atoms with Crippen LogP contribution in [0.2, 0.25) is 0 Å². The van der Waals surface area contributed by atoms with Crippen LogP contribution < -0.4 is 0 Å². The van der Waals surface area contributed by atoms with Crippen molar-refractivity contribution in [3.05, 3.63) is 35.4 Å². The second kappa shape index (κ2) is 13.1. The van der Waals surface area contributed by atoms with Crippen LogP contribution in [-0.2, 0) is 9.53 Å². The van der Waals surface area contributed by atoms with Gasteiger partial charge >= 0.3 is 5.97 Å². The SMILES string of the molecule is CCOC(=O)C[C@@H]1CC[C@@H](N(CC2CCCCC2)CC2CCCCC2)[C@H](c2cccc(C)c2)C1. The molecule has 3 heteroatoms. The van der Waals surface area contributed by atoms with Gasteiger partial charge in [-0.3, -0.25) is 9.69 Å². The molecule has 1 aromatic carbocycles. The number of nitrogens with zero attached hydrogens (tertiary/aromatic N) is 1. The lowest BCUT2D eigenvalue weighted by atomic mass is 9.72. The van der Waals surface area contributed by atoms with E-state index in [-0.39, 0.29) is 5.97 Å². The second-order valence-electron chi connectivity index (χ2n) is 11.7. The molecule has 0 heterocycles. The van der Waals surface area contributed by atoms with E-state index in [4.69, 9.17) is 4.74 Å². The number of benzene rings is 1. The minimum Gasteiger partial charge on any atom is -0.466 e. The third-order valence-corrected chi connectivity index (χ3v) is 9.06. The van der Waals surface area contributed by atoms with E-state index in [1.165, 1.54) is 94.8 Å². The molecule has 0 saturated heterocycles. The number of ether oxygens (including phenoxy) is 1. The van der Waals surface area contributed by atoms with Crippen molar-refractivity contribution < 1.29 is 9.53 Å². The Bertz CT molecular complexity index is 730. The van der Waals surface area contributed by atoms with E-state index in [2.05, 4.69) is 36.1 Å². The topological polar surface area (TPSA) is 29.5 Å². The fraction of sp³-hybridized carbons (Fsp3) is 0.774. The summed E-state index contributed by atoms with van der Waals surface area (Å²) in [4.78, 5) is 15.3. The Morgan fingerprint density at radius 2 is 1.53 bits per heavy atom. The standard InChI is InChI=1S/C31H49NO2/c1-3-34-31(33)21-27-17-18-30(29(20-27)28-16-10-11-24(2)19-28)32(22-25-12-6-4-7-13-25)23-26-14-8-5-9-15-26/h10-11,16,19,25-27,29-30H,3-9,12-15,17-18,20-23H2,1-2H3/t27-,29+,30-/m1/s1. The normalized spacial score (nSPS) is 27.1. The molecule has 0 N–H and O–H groups in total. The monoisotopic (exact) mass is 467 g/mol. The molecule has 3 nitrogen and oxygen atoms in total. The van der Waals surface area contributed by atoms with Crippen molar-refractivity contribution in [3.8, 4) is 0 Å². The zero-order valence-electron chi connectivity index (χ0n) is 22.0. The third kappa shape index (κ3) is 7.33. The fourth-order valence-electron chi connectivity index (χ4n) is 7.33. The van der Waals surface area contributed by atoms with Gasteiger partial charge in [-0.1, -0.05) is 68.4 Å². The molecule has 3 aliphatic carbocycles. The highest BCUT2D eigenvalue weighted by Crippen LogP contribution is 2.42. The van der Waals surface area contributed by atoms with Gasteiger partial charge in [-0.2, -0.15) is 0 Å². The smallest absolute Gasteiger partial charge is 0.306 e. The summed E-state index contributed by atoms with van der Waals surface area (Å²) in [5, 5.41) is 0. The molecular formula is C31H49NO2. The molecule has 0 radical (unpaired) electrons. The van der Waals surface area contributed by atoms with Gasteiger partial charge in [0.2, 0.25) is 0 Å². The lowest BCUT2D eigenvalue weighted by molar-refractivity contribution is -0.144. The summed E-state index contributed by atoms with van der Waals surface area (Å²) in [7, 11) is 0. The summed E-state index contributed by atoms with van der Waals surface area (Å²) < 4.78 is 5.33. The first-order valence-corrected chi connectivity index (χ1v) is 14.6. The van der Waals surface area contributed by atoms with Crippen LogP contribution in [0.4, 0.5) is 0 Å².